The molecule has 79 heavy (non-hydrogen) atoms. The zero-order valence-corrected chi connectivity index (χ0v) is 46.2. The fraction of sp³-hybridized carbons (Fsp3) is 0.433. The number of fused-ring (bicyclic) bond motifs is 2. The van der Waals surface area contributed by atoms with E-state index >= 15 is 4.39 Å². The van der Waals surface area contributed by atoms with Crippen LogP contribution >= 0.6 is 0 Å². The van der Waals surface area contributed by atoms with Gasteiger partial charge in [-0.1, -0.05) is 38.1 Å². The van der Waals surface area contributed by atoms with Gasteiger partial charge in [-0.2, -0.15) is 0 Å². The van der Waals surface area contributed by atoms with E-state index in [2.05, 4.69) is 81.4 Å². The molecule has 4 N–H and O–H groups in total. The smallest absolute Gasteiger partial charge is 0.293 e. The molecule has 7 aromatic rings. The van der Waals surface area contributed by atoms with Gasteiger partial charge in [0, 0.05) is 87.0 Å². The van der Waals surface area contributed by atoms with Crippen molar-refractivity contribution >= 4 is 55.0 Å². The summed E-state index contributed by atoms with van der Waals surface area (Å²) in [7, 11) is -3.05. The molecule has 2 aliphatic carbocycles. The van der Waals surface area contributed by atoms with Crippen LogP contribution in [0.4, 0.5) is 21.5 Å². The van der Waals surface area contributed by atoms with E-state index in [0.29, 0.717) is 50.1 Å². The van der Waals surface area contributed by atoms with E-state index in [4.69, 9.17) is 13.9 Å². The SMILES string of the molecule is COc1cc(CN2CCN(C3CC4(CCN(c5cc(Oc6cnc7[nH]ccc7c6)c(C(=O)NS(=O)(=O)c6ccc(NC[C@H]7CC[C@](C)(O)CC7)c([N+](=O)[O-])c6)cc5F)CC4)C3)[C@H](c3ccccc3C(C)C)C2)cc2cc(C)oc12. The van der Waals surface area contributed by atoms with Gasteiger partial charge in [-0.3, -0.25) is 24.7 Å². The molecule has 4 aromatic carbocycles. The summed E-state index contributed by atoms with van der Waals surface area (Å²) in [5.41, 5.74) is 4.09. The van der Waals surface area contributed by atoms with Gasteiger partial charge in [-0.15, -0.1) is 0 Å². The van der Waals surface area contributed by atoms with Crippen molar-refractivity contribution in [2.24, 2.45) is 11.3 Å². The highest BCUT2D eigenvalue weighted by molar-refractivity contribution is 7.90. The molecule has 17 nitrogen and oxygen atoms in total. The number of pyridine rings is 1. The van der Waals surface area contributed by atoms with E-state index in [1.165, 1.54) is 41.1 Å². The highest BCUT2D eigenvalue weighted by atomic mass is 32.2. The van der Waals surface area contributed by atoms with E-state index in [-0.39, 0.29) is 40.2 Å². The van der Waals surface area contributed by atoms with Crippen LogP contribution in [0.1, 0.15) is 117 Å². The number of anilines is 2. The van der Waals surface area contributed by atoms with Crippen molar-refractivity contribution in [2.75, 3.05) is 56.6 Å². The average molecular weight is 1100 g/mol. The molecule has 1 amide bonds. The predicted octanol–water partition coefficient (Wildman–Crippen LogP) is 11.4. The second kappa shape index (κ2) is 21.5. The molecule has 0 radical (unpaired) electrons. The van der Waals surface area contributed by atoms with Crippen LogP contribution in [0.15, 0.2) is 107 Å². The van der Waals surface area contributed by atoms with E-state index < -0.39 is 48.4 Å². The number of piperidine rings is 1. The quantitative estimate of drug-likeness (QED) is 0.0524. The summed E-state index contributed by atoms with van der Waals surface area (Å²) in [5, 5.41) is 27.5. The number of nitrogens with zero attached hydrogens (tertiary/aromatic N) is 5. The van der Waals surface area contributed by atoms with Crippen molar-refractivity contribution in [1.82, 2.24) is 24.5 Å². The third-order valence-corrected chi connectivity index (χ3v) is 18.5. The topological polar surface area (TPSA) is 209 Å². The molecule has 2 saturated heterocycles. The van der Waals surface area contributed by atoms with Gasteiger partial charge in [0.1, 0.15) is 34.4 Å². The predicted molar refractivity (Wildman–Crippen MR) is 301 cm³/mol. The number of aromatic amines is 1. The zero-order chi connectivity index (χ0) is 55.4. The largest absolute Gasteiger partial charge is 0.493 e. The van der Waals surface area contributed by atoms with Gasteiger partial charge in [-0.25, -0.2) is 22.5 Å². The maximum absolute atomic E-state index is 16.7. The van der Waals surface area contributed by atoms with Crippen molar-refractivity contribution < 1.29 is 41.5 Å². The van der Waals surface area contributed by atoms with Crippen LogP contribution in [0.5, 0.6) is 17.2 Å². The Morgan fingerprint density at radius 1 is 0.975 bits per heavy atom. The molecule has 1 spiro atoms. The second-order valence-electron chi connectivity index (χ2n) is 23.1. The minimum absolute atomic E-state index is 0.0819. The Morgan fingerprint density at radius 3 is 2.49 bits per heavy atom. The third-order valence-electron chi connectivity index (χ3n) is 17.2. The normalized spacial score (nSPS) is 21.1. The van der Waals surface area contributed by atoms with Crippen LogP contribution in [-0.2, 0) is 16.6 Å². The Bertz CT molecular complexity index is 3540. The molecular weight excluding hydrogens is 1030 g/mol. The lowest BCUT2D eigenvalue weighted by atomic mass is 9.59. The van der Waals surface area contributed by atoms with E-state index in [1.807, 2.05) is 16.5 Å². The first-order valence-corrected chi connectivity index (χ1v) is 29.0. The van der Waals surface area contributed by atoms with Gasteiger partial charge in [0.2, 0.25) is 0 Å². The summed E-state index contributed by atoms with van der Waals surface area (Å²) in [6, 6.07) is 25.1. The number of carbonyl (C=O) groups excluding carboxylic acids is 1. The van der Waals surface area contributed by atoms with Crippen molar-refractivity contribution in [1.29, 1.82) is 0 Å². The molecule has 4 fully saturated rings. The summed E-state index contributed by atoms with van der Waals surface area (Å²) in [4.78, 5) is 39.9. The van der Waals surface area contributed by atoms with Gasteiger partial charge in [0.05, 0.1) is 40.0 Å². The maximum Gasteiger partial charge on any atom is 0.293 e. The number of furan rings is 1. The van der Waals surface area contributed by atoms with E-state index in [9.17, 15) is 28.4 Å². The number of aryl methyl sites for hydroxylation is 1. The number of aromatic nitrogens is 2. The highest BCUT2D eigenvalue weighted by Crippen LogP contribution is 2.54. The third kappa shape index (κ3) is 11.3. The molecule has 0 bridgehead atoms. The van der Waals surface area contributed by atoms with E-state index in [0.717, 1.165) is 105 Å². The van der Waals surface area contributed by atoms with Crippen LogP contribution < -0.4 is 24.4 Å². The molecule has 4 aliphatic rings. The number of benzene rings is 4. The molecule has 3 aromatic heterocycles. The van der Waals surface area contributed by atoms with Gasteiger partial charge < -0.3 is 34.2 Å². The van der Waals surface area contributed by atoms with Crippen LogP contribution in [0, 0.1) is 34.2 Å². The maximum atomic E-state index is 16.7. The molecule has 2 aliphatic heterocycles. The number of nitro benzene ring substituents is 1. The first-order chi connectivity index (χ1) is 37.8. The number of hydrogen-bond donors (Lipinski definition) is 4. The molecule has 1 atom stereocenters. The molecule has 5 heterocycles. The van der Waals surface area contributed by atoms with Gasteiger partial charge in [0.15, 0.2) is 11.3 Å². The summed E-state index contributed by atoms with van der Waals surface area (Å²) < 4.78 is 64.5. The molecule has 416 valence electrons. The van der Waals surface area contributed by atoms with Crippen molar-refractivity contribution in [2.45, 2.75) is 114 Å². The Kier molecular flexibility index (Phi) is 14.7. The monoisotopic (exact) mass is 1100 g/mol. The number of hydrogen-bond acceptors (Lipinski definition) is 14. The second-order valence-corrected chi connectivity index (χ2v) is 24.8. The van der Waals surface area contributed by atoms with Crippen LogP contribution in [0.25, 0.3) is 22.0 Å². The fourth-order valence-electron chi connectivity index (χ4n) is 12.8. The lowest BCUT2D eigenvalue weighted by molar-refractivity contribution is -0.384. The number of carbonyl (C=O) groups is 1. The first-order valence-electron chi connectivity index (χ1n) is 27.5. The minimum Gasteiger partial charge on any atom is -0.493 e. The number of aliphatic hydroxyl groups is 1. The van der Waals surface area contributed by atoms with Crippen LogP contribution in [0.3, 0.4) is 0 Å². The molecule has 2 saturated carbocycles. The van der Waals surface area contributed by atoms with Crippen LogP contribution in [0.2, 0.25) is 0 Å². The molecular formula is C60H69FN8O9S. The summed E-state index contributed by atoms with van der Waals surface area (Å²) in [5.74, 6) is 0.341. The standard InChI is InChI=1S/C60H69FN8O9S/c1-37(2)46-8-6-7-9-47(46)53-36-66(35-40-25-42-24-38(3)77-56(42)55(26-40)76-5)22-23-68(53)43-31-60(32-43)17-20-67(21-18-60)51-30-54(78-44-27-41-14-19-62-57(41)64-34-44)48(29-49(51)61)58(70)65-79(74,75)45-10-11-50(52(28-45)69(72)73)63-33-39-12-15-59(4,71)16-13-39/h6-11,14,19,24-30,34,37,39,43,53,63,71H,12-13,15-18,20-23,31-33,35-36H2,1-5H3,(H,62,64)(H,65,70)/t39-,53-,59-/m0/s1. The number of H-pyrrole nitrogens is 1. The first kappa shape index (κ1) is 53.9. The lowest BCUT2D eigenvalue weighted by Gasteiger charge is -2.58. The number of sulfonamides is 1. The lowest BCUT2D eigenvalue weighted by Crippen LogP contribution is -2.60. The fourth-order valence-corrected chi connectivity index (χ4v) is 13.8. The number of nitro groups is 1. The number of amides is 1. The average Bonchev–Trinajstić information content (AvgIpc) is 4.25. The molecule has 0 unspecified atom stereocenters. The Morgan fingerprint density at radius 2 is 1.75 bits per heavy atom. The number of rotatable bonds is 16. The number of halogens is 1. The van der Waals surface area contributed by atoms with E-state index in [1.54, 1.807) is 32.4 Å². The number of methoxy groups -OCH3 is 1. The number of piperazine rings is 1. The van der Waals surface area contributed by atoms with Crippen molar-refractivity contribution in [3.05, 3.63) is 141 Å². The Hall–Kier alpha value is -7.06. The van der Waals surface area contributed by atoms with Crippen LogP contribution in [-0.4, -0.2) is 102 Å². The molecule has 19 heteroatoms. The minimum atomic E-state index is -4.73. The van der Waals surface area contributed by atoms with Gasteiger partial charge in [0.25, 0.3) is 21.6 Å². The zero-order valence-electron chi connectivity index (χ0n) is 45.4. The van der Waals surface area contributed by atoms with Crippen molar-refractivity contribution in [3.63, 3.8) is 0 Å². The van der Waals surface area contributed by atoms with Gasteiger partial charge in [-0.05, 0) is 148 Å². The molecule has 11 rings (SSSR count). The summed E-state index contributed by atoms with van der Waals surface area (Å²) in [6.45, 7) is 13.3. The Labute approximate surface area is 459 Å². The summed E-state index contributed by atoms with van der Waals surface area (Å²) >= 11 is 0. The van der Waals surface area contributed by atoms with Gasteiger partial charge >= 0.3 is 0 Å². The number of nitrogens with one attached hydrogen (secondary N) is 3. The summed E-state index contributed by atoms with van der Waals surface area (Å²) in [6.07, 6.45) is 9.59. The Balaban J connectivity index is 0.794. The number of ether oxygens (including phenoxy) is 2. The van der Waals surface area contributed by atoms with Crippen molar-refractivity contribution in [3.8, 4) is 17.2 Å². The highest BCUT2D eigenvalue weighted by Gasteiger charge is 2.50.